The zero-order valence-electron chi connectivity index (χ0n) is 15.0. The van der Waals surface area contributed by atoms with Crippen molar-refractivity contribution in [1.29, 1.82) is 0 Å². The van der Waals surface area contributed by atoms with Crippen molar-refractivity contribution in [3.63, 3.8) is 0 Å². The summed E-state index contributed by atoms with van der Waals surface area (Å²) in [5.74, 6) is -0.843. The van der Waals surface area contributed by atoms with Gasteiger partial charge in [0.25, 0.3) is 5.91 Å². The van der Waals surface area contributed by atoms with Crippen LogP contribution in [0.15, 0.2) is 30.3 Å². The van der Waals surface area contributed by atoms with Crippen molar-refractivity contribution in [3.8, 4) is 0 Å². The molecule has 0 unspecified atom stereocenters. The van der Waals surface area contributed by atoms with E-state index in [1.54, 1.807) is 18.0 Å². The van der Waals surface area contributed by atoms with Crippen LogP contribution in [0.25, 0.3) is 0 Å². The smallest absolute Gasteiger partial charge is 0.359 e. The number of aromatic nitrogens is 2. The molecule has 0 saturated carbocycles. The van der Waals surface area contributed by atoms with Crippen molar-refractivity contribution in [2.75, 3.05) is 13.7 Å². The summed E-state index contributed by atoms with van der Waals surface area (Å²) < 4.78 is 5.06. The summed E-state index contributed by atoms with van der Waals surface area (Å²) in [6, 6.07) is 9.79. The van der Waals surface area contributed by atoms with Crippen LogP contribution in [-0.4, -0.2) is 40.6 Å². The first kappa shape index (κ1) is 18.7. The van der Waals surface area contributed by atoms with Gasteiger partial charge in [-0.2, -0.15) is 5.10 Å². The fourth-order valence-electron chi connectivity index (χ4n) is 2.42. The molecule has 1 aromatic heterocycles. The normalized spacial score (nSPS) is 10.5. The standard InChI is InChI=1S/C19H25N3O3/c1-4-6-16-11-17(21-20-16)19(24)25-13-18(23)22(3)12-15-9-7-14(5-2)8-10-15/h7-11H,4-6,12-13H2,1-3H3,(H,20,21). The topological polar surface area (TPSA) is 75.3 Å². The number of carbonyl (C=O) groups excluding carboxylic acids is 2. The first-order chi connectivity index (χ1) is 12.0. The van der Waals surface area contributed by atoms with Crippen LogP contribution in [0.2, 0.25) is 0 Å². The third-order valence-corrected chi connectivity index (χ3v) is 3.96. The molecule has 0 spiro atoms. The zero-order chi connectivity index (χ0) is 18.2. The first-order valence-corrected chi connectivity index (χ1v) is 8.56. The lowest BCUT2D eigenvalue weighted by Gasteiger charge is -2.17. The molecule has 134 valence electrons. The highest BCUT2D eigenvalue weighted by Gasteiger charge is 2.16. The summed E-state index contributed by atoms with van der Waals surface area (Å²) in [6.07, 6.45) is 2.76. The number of aromatic amines is 1. The molecule has 0 saturated heterocycles. The lowest BCUT2D eigenvalue weighted by atomic mass is 10.1. The number of ether oxygens (including phenoxy) is 1. The summed E-state index contributed by atoms with van der Waals surface area (Å²) in [7, 11) is 1.69. The van der Waals surface area contributed by atoms with Crippen molar-refractivity contribution in [1.82, 2.24) is 15.1 Å². The Hall–Kier alpha value is -2.63. The Kier molecular flexibility index (Phi) is 6.74. The number of carbonyl (C=O) groups is 2. The van der Waals surface area contributed by atoms with Crippen LogP contribution in [0.3, 0.4) is 0 Å². The minimum absolute atomic E-state index is 0.203. The summed E-state index contributed by atoms with van der Waals surface area (Å²) >= 11 is 0. The SMILES string of the molecule is CCCc1cc(C(=O)OCC(=O)N(C)Cc2ccc(CC)cc2)n[nH]1. The number of hydrogen-bond donors (Lipinski definition) is 1. The van der Waals surface area contributed by atoms with Crippen LogP contribution >= 0.6 is 0 Å². The Morgan fingerprint density at radius 1 is 1.16 bits per heavy atom. The number of likely N-dealkylation sites (N-methyl/N-ethyl adjacent to an activating group) is 1. The van der Waals surface area contributed by atoms with E-state index in [9.17, 15) is 9.59 Å². The highest BCUT2D eigenvalue weighted by Crippen LogP contribution is 2.08. The fourth-order valence-corrected chi connectivity index (χ4v) is 2.42. The van der Waals surface area contributed by atoms with Gasteiger partial charge in [0.2, 0.25) is 0 Å². The van der Waals surface area contributed by atoms with E-state index < -0.39 is 5.97 Å². The molecule has 0 aliphatic rings. The van der Waals surface area contributed by atoms with Gasteiger partial charge in [0.1, 0.15) is 0 Å². The van der Waals surface area contributed by atoms with Crippen molar-refractivity contribution < 1.29 is 14.3 Å². The van der Waals surface area contributed by atoms with E-state index >= 15 is 0 Å². The molecular weight excluding hydrogens is 318 g/mol. The quantitative estimate of drug-likeness (QED) is 0.748. The van der Waals surface area contributed by atoms with Crippen LogP contribution in [0.4, 0.5) is 0 Å². The predicted octanol–water partition coefficient (Wildman–Crippen LogP) is 2.74. The molecule has 1 N–H and O–H groups in total. The van der Waals surface area contributed by atoms with Gasteiger partial charge in [-0.1, -0.05) is 44.5 Å². The molecule has 1 amide bonds. The number of amides is 1. The van der Waals surface area contributed by atoms with E-state index in [-0.39, 0.29) is 18.2 Å². The molecule has 0 aliphatic heterocycles. The van der Waals surface area contributed by atoms with E-state index in [4.69, 9.17) is 4.74 Å². The number of aryl methyl sites for hydroxylation is 2. The largest absolute Gasteiger partial charge is 0.451 e. The number of nitrogens with one attached hydrogen (secondary N) is 1. The summed E-state index contributed by atoms with van der Waals surface area (Å²) in [5.41, 5.74) is 3.38. The van der Waals surface area contributed by atoms with Gasteiger partial charge in [0.15, 0.2) is 12.3 Å². The number of hydrogen-bond acceptors (Lipinski definition) is 4. The monoisotopic (exact) mass is 343 g/mol. The van der Waals surface area contributed by atoms with Crippen LogP contribution in [0, 0.1) is 0 Å². The minimum atomic E-state index is -0.590. The first-order valence-electron chi connectivity index (χ1n) is 8.56. The Morgan fingerprint density at radius 3 is 2.48 bits per heavy atom. The van der Waals surface area contributed by atoms with E-state index in [0.717, 1.165) is 30.5 Å². The van der Waals surface area contributed by atoms with Gasteiger partial charge >= 0.3 is 5.97 Å². The van der Waals surface area contributed by atoms with Gasteiger partial charge in [-0.05, 0) is 30.0 Å². The minimum Gasteiger partial charge on any atom is -0.451 e. The third-order valence-electron chi connectivity index (χ3n) is 3.96. The van der Waals surface area contributed by atoms with Crippen molar-refractivity contribution in [3.05, 3.63) is 52.8 Å². The number of esters is 1. The third kappa shape index (κ3) is 5.45. The van der Waals surface area contributed by atoms with Crippen LogP contribution in [0.5, 0.6) is 0 Å². The molecule has 2 aromatic rings. The lowest BCUT2D eigenvalue weighted by molar-refractivity contribution is -0.133. The molecule has 1 aromatic carbocycles. The molecule has 6 nitrogen and oxygen atoms in total. The lowest BCUT2D eigenvalue weighted by Crippen LogP contribution is -2.30. The zero-order valence-corrected chi connectivity index (χ0v) is 15.0. The van der Waals surface area contributed by atoms with Crippen molar-refractivity contribution >= 4 is 11.9 Å². The molecule has 0 aliphatic carbocycles. The summed E-state index contributed by atoms with van der Waals surface area (Å²) in [6.45, 7) is 4.33. The van der Waals surface area contributed by atoms with Gasteiger partial charge < -0.3 is 9.64 Å². The van der Waals surface area contributed by atoms with Gasteiger partial charge in [-0.25, -0.2) is 4.79 Å². The van der Waals surface area contributed by atoms with Crippen molar-refractivity contribution in [2.45, 2.75) is 39.7 Å². The number of benzene rings is 1. The second kappa shape index (κ2) is 9.01. The number of nitrogens with zero attached hydrogens (tertiary/aromatic N) is 2. The van der Waals surface area contributed by atoms with Crippen LogP contribution < -0.4 is 0 Å². The molecule has 25 heavy (non-hydrogen) atoms. The van der Waals surface area contributed by atoms with E-state index in [1.165, 1.54) is 5.56 Å². The molecule has 0 atom stereocenters. The maximum atomic E-state index is 12.1. The Morgan fingerprint density at radius 2 is 1.84 bits per heavy atom. The predicted molar refractivity (Wildman–Crippen MR) is 95.2 cm³/mol. The van der Waals surface area contributed by atoms with Crippen LogP contribution in [-0.2, 0) is 28.9 Å². The molecular formula is C19H25N3O3. The number of rotatable bonds is 8. The Bertz CT molecular complexity index is 707. The van der Waals surface area contributed by atoms with E-state index in [2.05, 4.69) is 29.3 Å². The van der Waals surface area contributed by atoms with Gasteiger partial charge in [-0.3, -0.25) is 9.89 Å². The second-order valence-corrected chi connectivity index (χ2v) is 6.02. The molecule has 6 heteroatoms. The highest BCUT2D eigenvalue weighted by atomic mass is 16.5. The molecule has 0 bridgehead atoms. The average Bonchev–Trinajstić information content (AvgIpc) is 3.09. The highest BCUT2D eigenvalue weighted by molar-refractivity contribution is 5.89. The van der Waals surface area contributed by atoms with Gasteiger partial charge in [0, 0.05) is 19.3 Å². The molecule has 0 radical (unpaired) electrons. The molecule has 1 heterocycles. The second-order valence-electron chi connectivity index (χ2n) is 6.02. The number of H-pyrrole nitrogens is 1. The van der Waals surface area contributed by atoms with E-state index in [0.29, 0.717) is 6.54 Å². The average molecular weight is 343 g/mol. The Balaban J connectivity index is 1.82. The molecule has 2 rings (SSSR count). The van der Waals surface area contributed by atoms with Gasteiger partial charge in [-0.15, -0.1) is 0 Å². The summed E-state index contributed by atoms with van der Waals surface area (Å²) in [4.78, 5) is 25.6. The van der Waals surface area contributed by atoms with Crippen molar-refractivity contribution in [2.24, 2.45) is 0 Å². The fraction of sp³-hybridized carbons (Fsp3) is 0.421. The van der Waals surface area contributed by atoms with Crippen LogP contribution in [0.1, 0.15) is 47.6 Å². The van der Waals surface area contributed by atoms with Gasteiger partial charge in [0.05, 0.1) is 0 Å². The molecule has 0 fully saturated rings. The Labute approximate surface area is 148 Å². The maximum absolute atomic E-state index is 12.1. The maximum Gasteiger partial charge on any atom is 0.359 e. The summed E-state index contributed by atoms with van der Waals surface area (Å²) in [5, 5.41) is 6.71. The van der Waals surface area contributed by atoms with E-state index in [1.807, 2.05) is 19.1 Å².